The molecule has 38 heavy (non-hydrogen) atoms. The van der Waals surface area contributed by atoms with Crippen molar-refractivity contribution in [3.05, 3.63) is 76.9 Å². The van der Waals surface area contributed by atoms with E-state index in [1.165, 1.54) is 0 Å². The zero-order valence-electron chi connectivity index (χ0n) is 21.7. The van der Waals surface area contributed by atoms with Gasteiger partial charge in [-0.3, -0.25) is 0 Å². The third kappa shape index (κ3) is 4.72. The lowest BCUT2D eigenvalue weighted by Gasteiger charge is -2.32. The maximum Gasteiger partial charge on any atom is 0.341 e. The molecule has 1 heterocycles. The molecule has 1 aliphatic heterocycles. The summed E-state index contributed by atoms with van der Waals surface area (Å²) in [6.45, 7) is 2.94. The lowest BCUT2D eigenvalue weighted by Crippen LogP contribution is -2.28. The Morgan fingerprint density at radius 2 is 1.84 bits per heavy atom. The summed E-state index contributed by atoms with van der Waals surface area (Å²) in [7, 11) is 1.57. The lowest BCUT2D eigenvalue weighted by atomic mass is 9.72. The number of carbonyl (C=O) groups is 1. The predicted octanol–water partition coefficient (Wildman–Crippen LogP) is 4.85. The highest BCUT2D eigenvalue weighted by molar-refractivity contribution is 5.69. The first-order valence-electron chi connectivity index (χ1n) is 12.9. The summed E-state index contributed by atoms with van der Waals surface area (Å²) in [4.78, 5) is 11.4. The van der Waals surface area contributed by atoms with E-state index in [0.29, 0.717) is 37.5 Å². The van der Waals surface area contributed by atoms with Gasteiger partial charge >= 0.3 is 5.97 Å². The molecule has 0 fully saturated rings. The van der Waals surface area contributed by atoms with Crippen molar-refractivity contribution in [3.8, 4) is 28.7 Å². The fraction of sp³-hybridized carbons (Fsp3) is 0.367. The fourth-order valence-corrected chi connectivity index (χ4v) is 5.71. The third-order valence-corrected chi connectivity index (χ3v) is 7.38. The number of aliphatic carboxylic acids is 1. The molecule has 0 radical (unpaired) electrons. The average molecular weight is 520 g/mol. The molecule has 0 aromatic heterocycles. The van der Waals surface area contributed by atoms with Gasteiger partial charge < -0.3 is 34.5 Å². The van der Waals surface area contributed by atoms with E-state index in [0.717, 1.165) is 45.9 Å². The van der Waals surface area contributed by atoms with Gasteiger partial charge in [0.1, 0.15) is 17.2 Å². The van der Waals surface area contributed by atoms with Crippen molar-refractivity contribution in [1.82, 2.24) is 0 Å². The molecule has 0 amide bonds. The molecule has 2 atom stereocenters. The van der Waals surface area contributed by atoms with E-state index in [2.05, 4.69) is 31.2 Å². The molecular formula is C30H33NO7. The van der Waals surface area contributed by atoms with Crippen LogP contribution in [0.25, 0.3) is 0 Å². The van der Waals surface area contributed by atoms with E-state index < -0.39 is 18.0 Å². The Hall–Kier alpha value is -3.91. The summed E-state index contributed by atoms with van der Waals surface area (Å²) < 4.78 is 28.5. The zero-order valence-corrected chi connectivity index (χ0v) is 21.7. The SMILES string of the molecule is CCCOc1ccc2c(c1)C(c1ccc(OC)cc1OCC(=O)O)CC2(CCN)c1ccc2c(c1)OCO2. The number of hydrogen-bond acceptors (Lipinski definition) is 7. The first kappa shape index (κ1) is 25.7. The van der Waals surface area contributed by atoms with E-state index in [4.69, 9.17) is 29.4 Å². The highest BCUT2D eigenvalue weighted by Gasteiger charge is 2.46. The van der Waals surface area contributed by atoms with E-state index >= 15 is 0 Å². The van der Waals surface area contributed by atoms with Gasteiger partial charge in [-0.2, -0.15) is 0 Å². The average Bonchev–Trinajstić information content (AvgIpc) is 3.53. The molecular weight excluding hydrogens is 486 g/mol. The molecule has 2 aliphatic rings. The number of methoxy groups -OCH3 is 1. The van der Waals surface area contributed by atoms with Gasteiger partial charge in [0.25, 0.3) is 0 Å². The predicted molar refractivity (Wildman–Crippen MR) is 142 cm³/mol. The van der Waals surface area contributed by atoms with E-state index in [-0.39, 0.29) is 12.7 Å². The monoisotopic (exact) mass is 519 g/mol. The quantitative estimate of drug-likeness (QED) is 0.370. The number of ether oxygens (including phenoxy) is 5. The van der Waals surface area contributed by atoms with Crippen LogP contribution >= 0.6 is 0 Å². The van der Waals surface area contributed by atoms with Crippen LogP contribution < -0.4 is 29.4 Å². The molecule has 0 spiro atoms. The molecule has 1 aliphatic carbocycles. The van der Waals surface area contributed by atoms with Gasteiger partial charge in [-0.1, -0.05) is 25.1 Å². The minimum atomic E-state index is -1.04. The van der Waals surface area contributed by atoms with E-state index in [1.807, 2.05) is 24.3 Å². The molecule has 8 nitrogen and oxygen atoms in total. The van der Waals surface area contributed by atoms with Crippen molar-refractivity contribution in [1.29, 1.82) is 0 Å². The van der Waals surface area contributed by atoms with E-state index in [1.54, 1.807) is 13.2 Å². The smallest absolute Gasteiger partial charge is 0.341 e. The Balaban J connectivity index is 1.67. The van der Waals surface area contributed by atoms with Crippen LogP contribution in [0.4, 0.5) is 0 Å². The van der Waals surface area contributed by atoms with Crippen LogP contribution in [-0.2, 0) is 10.2 Å². The van der Waals surface area contributed by atoms with Gasteiger partial charge in [0, 0.05) is 23.0 Å². The zero-order chi connectivity index (χ0) is 26.7. The molecule has 3 aromatic rings. The second kappa shape index (κ2) is 10.8. The molecule has 0 bridgehead atoms. The van der Waals surface area contributed by atoms with Crippen LogP contribution in [0.1, 0.15) is 54.4 Å². The van der Waals surface area contributed by atoms with Crippen LogP contribution in [0.2, 0.25) is 0 Å². The molecule has 5 rings (SSSR count). The van der Waals surface area contributed by atoms with Crippen LogP contribution in [0, 0.1) is 0 Å². The fourth-order valence-electron chi connectivity index (χ4n) is 5.71. The molecule has 2 unspecified atom stereocenters. The standard InChI is InChI=1S/C30H33NO7/c1-3-12-35-21-6-8-25-23(14-21)24(22-7-5-20(34-2)15-27(22)36-17-29(32)33)16-30(25,10-11-31)19-4-9-26-28(13-19)38-18-37-26/h4-9,13-15,24H,3,10-12,16-18,31H2,1-2H3,(H,32,33). The summed E-state index contributed by atoms with van der Waals surface area (Å²) in [5, 5.41) is 9.30. The Kier molecular flexibility index (Phi) is 7.33. The second-order valence-electron chi connectivity index (χ2n) is 9.63. The third-order valence-electron chi connectivity index (χ3n) is 7.38. The van der Waals surface area contributed by atoms with Gasteiger partial charge in [-0.15, -0.1) is 0 Å². The molecule has 8 heteroatoms. The Bertz CT molecular complexity index is 1320. The molecule has 0 saturated carbocycles. The number of rotatable bonds is 11. The summed E-state index contributed by atoms with van der Waals surface area (Å²) >= 11 is 0. The summed E-state index contributed by atoms with van der Waals surface area (Å²) in [6, 6.07) is 18.0. The van der Waals surface area contributed by atoms with Crippen molar-refractivity contribution in [2.45, 2.75) is 37.5 Å². The maximum absolute atomic E-state index is 11.4. The van der Waals surface area contributed by atoms with Gasteiger partial charge in [-0.05, 0) is 72.8 Å². The molecule has 3 N–H and O–H groups in total. The van der Waals surface area contributed by atoms with Crippen LogP contribution in [0.15, 0.2) is 54.6 Å². The normalized spacial score (nSPS) is 19.2. The van der Waals surface area contributed by atoms with Gasteiger partial charge in [0.05, 0.1) is 13.7 Å². The molecule has 200 valence electrons. The lowest BCUT2D eigenvalue weighted by molar-refractivity contribution is -0.139. The Morgan fingerprint density at radius 3 is 2.61 bits per heavy atom. The minimum Gasteiger partial charge on any atom is -0.497 e. The Labute approximate surface area is 222 Å². The molecule has 3 aromatic carbocycles. The number of fused-ring (bicyclic) bond motifs is 2. The van der Waals surface area contributed by atoms with Crippen LogP contribution in [-0.4, -0.2) is 44.7 Å². The second-order valence-corrected chi connectivity index (χ2v) is 9.63. The molecule has 0 saturated heterocycles. The largest absolute Gasteiger partial charge is 0.497 e. The summed E-state index contributed by atoms with van der Waals surface area (Å²) in [5.74, 6) is 2.19. The van der Waals surface area contributed by atoms with E-state index in [9.17, 15) is 9.90 Å². The number of nitrogens with two attached hydrogens (primary N) is 1. The highest BCUT2D eigenvalue weighted by atomic mass is 16.7. The number of carboxylic acids is 1. The minimum absolute atomic E-state index is 0.0955. The number of hydrogen-bond donors (Lipinski definition) is 2. The van der Waals surface area contributed by atoms with Gasteiger partial charge in [-0.25, -0.2) is 4.79 Å². The highest BCUT2D eigenvalue weighted by Crippen LogP contribution is 2.57. The van der Waals surface area contributed by atoms with Crippen molar-refractivity contribution in [2.75, 3.05) is 33.7 Å². The first-order chi connectivity index (χ1) is 18.5. The van der Waals surface area contributed by atoms with Crippen molar-refractivity contribution < 1.29 is 33.6 Å². The van der Waals surface area contributed by atoms with Crippen LogP contribution in [0.3, 0.4) is 0 Å². The van der Waals surface area contributed by atoms with Gasteiger partial charge in [0.2, 0.25) is 6.79 Å². The topological polar surface area (TPSA) is 109 Å². The van der Waals surface area contributed by atoms with Crippen molar-refractivity contribution >= 4 is 5.97 Å². The van der Waals surface area contributed by atoms with Crippen molar-refractivity contribution in [3.63, 3.8) is 0 Å². The van der Waals surface area contributed by atoms with Crippen LogP contribution in [0.5, 0.6) is 28.7 Å². The first-order valence-corrected chi connectivity index (χ1v) is 12.9. The van der Waals surface area contributed by atoms with Gasteiger partial charge in [0.15, 0.2) is 18.1 Å². The van der Waals surface area contributed by atoms with Crippen molar-refractivity contribution in [2.24, 2.45) is 5.73 Å². The maximum atomic E-state index is 11.4. The number of carboxylic acid groups (broad SMARTS) is 1. The summed E-state index contributed by atoms with van der Waals surface area (Å²) in [6.07, 6.45) is 2.33. The summed E-state index contributed by atoms with van der Waals surface area (Å²) in [5.41, 5.74) is 10.1. The Morgan fingerprint density at radius 1 is 1.03 bits per heavy atom. The number of benzene rings is 3.